The maximum absolute atomic E-state index is 13.1. The molecule has 0 fully saturated rings. The van der Waals surface area contributed by atoms with Gasteiger partial charge in [-0.2, -0.15) is 0 Å². The van der Waals surface area contributed by atoms with Crippen LogP contribution in [0.5, 0.6) is 0 Å². The predicted molar refractivity (Wildman–Crippen MR) is 71.8 cm³/mol. The lowest BCUT2D eigenvalue weighted by Crippen LogP contribution is -3.00. The van der Waals surface area contributed by atoms with Crippen molar-refractivity contribution in [1.82, 2.24) is 9.97 Å². The van der Waals surface area contributed by atoms with Gasteiger partial charge in [0, 0.05) is 10.6 Å². The normalized spacial score (nSPS) is 10.2. The summed E-state index contributed by atoms with van der Waals surface area (Å²) in [5.41, 5.74) is 0.679. The number of thiophene rings is 1. The van der Waals surface area contributed by atoms with Crippen LogP contribution in [-0.2, 0) is 0 Å². The summed E-state index contributed by atoms with van der Waals surface area (Å²) in [7, 11) is 0. The molecular weight excluding hydrogens is 285 g/mol. The Hall–Kier alpha value is -1.72. The summed E-state index contributed by atoms with van der Waals surface area (Å²) in [5, 5.41) is 4.08. The van der Waals surface area contributed by atoms with Crippen LogP contribution in [0.15, 0.2) is 36.7 Å². The summed E-state index contributed by atoms with van der Waals surface area (Å²) in [4.78, 5) is 10.5. The van der Waals surface area contributed by atoms with Gasteiger partial charge in [0.25, 0.3) is 0 Å². The molecule has 1 N–H and O–H groups in total. The quantitative estimate of drug-likeness (QED) is 0.763. The summed E-state index contributed by atoms with van der Waals surface area (Å²) < 4.78 is 13.1. The topological polar surface area (TPSA) is 37.8 Å². The van der Waals surface area contributed by atoms with Crippen LogP contribution < -0.4 is 17.7 Å². The van der Waals surface area contributed by atoms with Gasteiger partial charge in [0.2, 0.25) is 0 Å². The van der Waals surface area contributed by atoms with Crippen LogP contribution in [0.4, 0.5) is 15.9 Å². The Morgan fingerprint density at radius 1 is 1.21 bits per heavy atom. The minimum atomic E-state index is -0.271. The van der Waals surface area contributed by atoms with Crippen LogP contribution in [0.3, 0.4) is 0 Å². The number of aryl methyl sites for hydroxylation is 1. The molecule has 1 aromatic carbocycles. The fourth-order valence-electron chi connectivity index (χ4n) is 1.78. The van der Waals surface area contributed by atoms with Crippen molar-refractivity contribution in [3.8, 4) is 0 Å². The second-order valence-electron chi connectivity index (χ2n) is 3.93. The largest absolute Gasteiger partial charge is 1.00 e. The number of anilines is 2. The molecule has 0 saturated carbocycles. The first kappa shape index (κ1) is 13.7. The molecule has 2 aromatic heterocycles. The zero-order valence-corrected chi connectivity index (χ0v) is 11.6. The van der Waals surface area contributed by atoms with Gasteiger partial charge in [0.1, 0.15) is 22.8 Å². The number of nitrogens with zero attached hydrogens (tertiary/aromatic N) is 2. The van der Waals surface area contributed by atoms with Gasteiger partial charge in [0.15, 0.2) is 0 Å². The monoisotopic (exact) mass is 294 g/mol. The maximum atomic E-state index is 13.1. The molecule has 0 aliphatic heterocycles. The van der Waals surface area contributed by atoms with E-state index in [1.165, 1.54) is 23.3 Å². The van der Waals surface area contributed by atoms with E-state index in [1.807, 2.05) is 13.0 Å². The first-order valence-corrected chi connectivity index (χ1v) is 6.28. The first-order chi connectivity index (χ1) is 8.72. The lowest BCUT2D eigenvalue weighted by Gasteiger charge is -2.05. The van der Waals surface area contributed by atoms with Crippen molar-refractivity contribution in [2.24, 2.45) is 0 Å². The molecule has 0 unspecified atom stereocenters. The van der Waals surface area contributed by atoms with Gasteiger partial charge in [0.05, 0.1) is 5.39 Å². The van der Waals surface area contributed by atoms with E-state index in [1.54, 1.807) is 23.5 Å². The van der Waals surface area contributed by atoms with Crippen molar-refractivity contribution in [2.75, 3.05) is 5.32 Å². The Bertz CT molecular complexity index is 714. The molecule has 0 amide bonds. The molecule has 0 aliphatic rings. The lowest BCUT2D eigenvalue weighted by molar-refractivity contribution is -0.00000428. The number of halogens is 2. The van der Waals surface area contributed by atoms with Crippen molar-refractivity contribution in [3.05, 3.63) is 47.4 Å². The Morgan fingerprint density at radius 2 is 2.05 bits per heavy atom. The molecule has 2 heterocycles. The van der Waals surface area contributed by atoms with Crippen LogP contribution in [0.2, 0.25) is 0 Å². The van der Waals surface area contributed by atoms with Gasteiger partial charge >= 0.3 is 0 Å². The highest BCUT2D eigenvalue weighted by Crippen LogP contribution is 2.29. The van der Waals surface area contributed by atoms with Crippen molar-refractivity contribution >= 4 is 33.1 Å². The Balaban J connectivity index is 0.00000133. The van der Waals surface area contributed by atoms with Crippen LogP contribution >= 0.6 is 11.3 Å². The zero-order valence-electron chi connectivity index (χ0n) is 10.0. The molecule has 3 nitrogen and oxygen atoms in total. The third kappa shape index (κ3) is 2.83. The molecule has 0 radical (unpaired) electrons. The number of aromatic nitrogens is 2. The van der Waals surface area contributed by atoms with E-state index in [9.17, 15) is 4.39 Å². The molecule has 19 heavy (non-hydrogen) atoms. The minimum Gasteiger partial charge on any atom is -1.00 e. The van der Waals surface area contributed by atoms with Gasteiger partial charge in [-0.15, -0.1) is 11.3 Å². The van der Waals surface area contributed by atoms with Crippen molar-refractivity contribution in [2.45, 2.75) is 6.92 Å². The van der Waals surface area contributed by atoms with Crippen molar-refractivity contribution < 1.29 is 16.8 Å². The number of fused-ring (bicyclic) bond motifs is 1. The molecule has 0 aliphatic carbocycles. The predicted octanol–water partition coefficient (Wildman–Crippen LogP) is 0.886. The molecular formula is C13H10ClFN3S-. The van der Waals surface area contributed by atoms with Crippen molar-refractivity contribution in [3.63, 3.8) is 0 Å². The number of hydrogen-bond donors (Lipinski definition) is 1. The van der Waals surface area contributed by atoms with Gasteiger partial charge in [-0.05, 0) is 31.2 Å². The summed E-state index contributed by atoms with van der Waals surface area (Å²) in [6.45, 7) is 2.03. The summed E-state index contributed by atoms with van der Waals surface area (Å²) in [6, 6.07) is 8.34. The molecule has 6 heteroatoms. The Labute approximate surface area is 119 Å². The van der Waals surface area contributed by atoms with E-state index in [0.29, 0.717) is 11.5 Å². The van der Waals surface area contributed by atoms with E-state index in [4.69, 9.17) is 0 Å². The maximum Gasteiger partial charge on any atom is 0.142 e. The molecule has 0 saturated heterocycles. The second kappa shape index (κ2) is 5.50. The molecule has 3 rings (SSSR count). The highest BCUT2D eigenvalue weighted by molar-refractivity contribution is 7.18. The minimum absolute atomic E-state index is 0. The Kier molecular flexibility index (Phi) is 3.97. The fraction of sp³-hybridized carbons (Fsp3) is 0.0769. The van der Waals surface area contributed by atoms with E-state index >= 15 is 0 Å². The van der Waals surface area contributed by atoms with Crippen molar-refractivity contribution in [1.29, 1.82) is 0 Å². The lowest BCUT2D eigenvalue weighted by atomic mass is 10.3. The van der Waals surface area contributed by atoms with Gasteiger partial charge < -0.3 is 17.7 Å². The first-order valence-electron chi connectivity index (χ1n) is 5.46. The molecule has 0 atom stereocenters. The highest BCUT2D eigenvalue weighted by Gasteiger charge is 2.07. The summed E-state index contributed by atoms with van der Waals surface area (Å²) in [6.07, 6.45) is 1.51. The van der Waals surface area contributed by atoms with Crippen LogP contribution in [0.25, 0.3) is 10.2 Å². The Morgan fingerprint density at radius 3 is 2.84 bits per heavy atom. The zero-order chi connectivity index (χ0) is 12.5. The average molecular weight is 295 g/mol. The number of benzene rings is 1. The van der Waals surface area contributed by atoms with Crippen LogP contribution in [-0.4, -0.2) is 9.97 Å². The third-order valence-electron chi connectivity index (χ3n) is 2.54. The smallest absolute Gasteiger partial charge is 0.142 e. The third-order valence-corrected chi connectivity index (χ3v) is 3.50. The standard InChI is InChI=1S/C13H10FN3S.ClH/c1-8-5-11-12(15-7-16-13(11)18-8)17-10-4-2-3-9(14)6-10;/h2-7H,1H3,(H,15,16,17);1H/p-1. The molecule has 0 spiro atoms. The molecule has 98 valence electrons. The van der Waals surface area contributed by atoms with E-state index in [2.05, 4.69) is 15.3 Å². The van der Waals surface area contributed by atoms with E-state index in [-0.39, 0.29) is 18.2 Å². The number of nitrogens with one attached hydrogen (secondary N) is 1. The van der Waals surface area contributed by atoms with Gasteiger partial charge in [-0.3, -0.25) is 0 Å². The molecule has 0 bridgehead atoms. The van der Waals surface area contributed by atoms with E-state index in [0.717, 1.165) is 10.2 Å². The number of hydrogen-bond acceptors (Lipinski definition) is 4. The number of rotatable bonds is 2. The van der Waals surface area contributed by atoms with Gasteiger partial charge in [-0.1, -0.05) is 6.07 Å². The fourth-order valence-corrected chi connectivity index (χ4v) is 2.63. The highest BCUT2D eigenvalue weighted by atomic mass is 35.5. The summed E-state index contributed by atoms with van der Waals surface area (Å²) >= 11 is 1.61. The SMILES string of the molecule is Cc1cc2c(Nc3cccc(F)c3)ncnc2s1.[Cl-]. The average Bonchev–Trinajstić information content (AvgIpc) is 2.71. The summed E-state index contributed by atoms with van der Waals surface area (Å²) in [5.74, 6) is 0.432. The van der Waals surface area contributed by atoms with Gasteiger partial charge in [-0.25, -0.2) is 14.4 Å². The van der Waals surface area contributed by atoms with E-state index < -0.39 is 0 Å². The van der Waals surface area contributed by atoms with Crippen LogP contribution in [0.1, 0.15) is 4.88 Å². The second-order valence-corrected chi connectivity index (χ2v) is 5.17. The molecule has 3 aromatic rings. The van der Waals surface area contributed by atoms with Crippen LogP contribution in [0, 0.1) is 12.7 Å².